The molecule has 1 aliphatic rings. The van der Waals surface area contributed by atoms with Crippen LogP contribution in [-0.4, -0.2) is 40.2 Å². The fraction of sp³-hybridized carbons (Fsp3) is 0.318. The molecule has 0 aliphatic carbocycles. The van der Waals surface area contributed by atoms with Crippen LogP contribution in [0.15, 0.2) is 59.1 Å². The van der Waals surface area contributed by atoms with Gasteiger partial charge in [0.25, 0.3) is 0 Å². The molecule has 2 heterocycles. The summed E-state index contributed by atoms with van der Waals surface area (Å²) < 4.78 is 5.47. The highest BCUT2D eigenvalue weighted by molar-refractivity contribution is 6.30. The van der Waals surface area contributed by atoms with Gasteiger partial charge in [-0.3, -0.25) is 4.90 Å². The topological polar surface area (TPSA) is 83.3 Å². The molecule has 0 saturated carbocycles. The van der Waals surface area contributed by atoms with Gasteiger partial charge < -0.3 is 15.2 Å². The third-order valence-corrected chi connectivity index (χ3v) is 5.40. The van der Waals surface area contributed by atoms with Crippen LogP contribution in [0.2, 0.25) is 5.02 Å². The zero-order chi connectivity index (χ0) is 20.8. The Morgan fingerprint density at radius 1 is 1.17 bits per heavy atom. The number of benzene rings is 2. The number of urea groups is 1. The Kier molecular flexibility index (Phi) is 6.61. The second-order valence-corrected chi connectivity index (χ2v) is 7.78. The summed E-state index contributed by atoms with van der Waals surface area (Å²) in [5.74, 6) is 1.09. The van der Waals surface area contributed by atoms with Crippen LogP contribution in [0, 0.1) is 0 Å². The van der Waals surface area contributed by atoms with Crippen molar-refractivity contribution in [1.82, 2.24) is 20.4 Å². The van der Waals surface area contributed by atoms with Crippen LogP contribution < -0.4 is 10.6 Å². The summed E-state index contributed by atoms with van der Waals surface area (Å²) in [5.41, 5.74) is 1.60. The molecule has 4 rings (SSSR count). The molecule has 0 spiro atoms. The zero-order valence-electron chi connectivity index (χ0n) is 16.6. The van der Waals surface area contributed by atoms with Gasteiger partial charge in [-0.25, -0.2) is 4.79 Å². The van der Waals surface area contributed by atoms with Gasteiger partial charge in [0.05, 0.1) is 6.54 Å². The minimum Gasteiger partial charge on any atom is -0.338 e. The number of nitrogens with one attached hydrogen (secondary N) is 2. The predicted octanol–water partition coefficient (Wildman–Crippen LogP) is 4.57. The lowest BCUT2D eigenvalue weighted by atomic mass is 10.0. The first-order valence-electron chi connectivity index (χ1n) is 10.1. The number of hydrogen-bond donors (Lipinski definition) is 2. The van der Waals surface area contributed by atoms with Crippen LogP contribution >= 0.6 is 11.6 Å². The maximum absolute atomic E-state index is 12.2. The number of para-hydroxylation sites is 1. The minimum absolute atomic E-state index is 0.201. The van der Waals surface area contributed by atoms with Crippen molar-refractivity contribution in [2.45, 2.75) is 31.8 Å². The molecule has 2 aromatic carbocycles. The average Bonchev–Trinajstić information content (AvgIpc) is 3.22. The maximum Gasteiger partial charge on any atom is 0.319 e. The highest BCUT2D eigenvalue weighted by Gasteiger charge is 2.25. The Labute approximate surface area is 180 Å². The van der Waals surface area contributed by atoms with E-state index in [9.17, 15) is 4.79 Å². The third kappa shape index (κ3) is 5.37. The van der Waals surface area contributed by atoms with E-state index in [2.05, 4.69) is 25.7 Å². The molecule has 8 heteroatoms. The summed E-state index contributed by atoms with van der Waals surface area (Å²) in [6, 6.07) is 16.8. The summed E-state index contributed by atoms with van der Waals surface area (Å²) in [6.45, 7) is 2.05. The lowest BCUT2D eigenvalue weighted by Crippen LogP contribution is -2.47. The largest absolute Gasteiger partial charge is 0.338 e. The van der Waals surface area contributed by atoms with Crippen molar-refractivity contribution in [2.75, 3.05) is 18.4 Å². The molecule has 0 radical (unpaired) electrons. The van der Waals surface area contributed by atoms with E-state index >= 15 is 0 Å². The Hall–Kier alpha value is -2.90. The first-order chi connectivity index (χ1) is 14.7. The molecule has 156 valence electrons. The van der Waals surface area contributed by atoms with Crippen LogP contribution in [0.25, 0.3) is 11.4 Å². The first kappa shape index (κ1) is 20.4. The van der Waals surface area contributed by atoms with E-state index in [-0.39, 0.29) is 12.1 Å². The highest BCUT2D eigenvalue weighted by atomic mass is 35.5. The first-order valence-corrected chi connectivity index (χ1v) is 10.5. The minimum atomic E-state index is -0.201. The molecule has 7 nitrogen and oxygen atoms in total. The number of piperidine rings is 1. The number of aromatic nitrogens is 2. The van der Waals surface area contributed by atoms with Crippen LogP contribution in [0.4, 0.5) is 10.5 Å². The Morgan fingerprint density at radius 3 is 2.87 bits per heavy atom. The monoisotopic (exact) mass is 425 g/mol. The van der Waals surface area contributed by atoms with Crippen molar-refractivity contribution >= 4 is 23.3 Å². The number of anilines is 1. The van der Waals surface area contributed by atoms with Gasteiger partial charge in [0.2, 0.25) is 11.7 Å². The van der Waals surface area contributed by atoms with E-state index < -0.39 is 0 Å². The Balaban J connectivity index is 1.34. The molecule has 1 aromatic heterocycles. The summed E-state index contributed by atoms with van der Waals surface area (Å²) in [7, 11) is 0. The summed E-state index contributed by atoms with van der Waals surface area (Å²) >= 11 is 6.05. The zero-order valence-corrected chi connectivity index (χ0v) is 17.3. The molecule has 1 fully saturated rings. The number of rotatable bonds is 6. The number of carbonyl (C=O) groups excluding carboxylic acids is 1. The third-order valence-electron chi connectivity index (χ3n) is 5.17. The molecule has 0 bridgehead atoms. The Morgan fingerprint density at radius 2 is 2.03 bits per heavy atom. The number of hydrogen-bond acceptors (Lipinski definition) is 5. The van der Waals surface area contributed by atoms with E-state index in [0.29, 0.717) is 29.8 Å². The Bertz CT molecular complexity index is 978. The van der Waals surface area contributed by atoms with E-state index in [0.717, 1.165) is 37.1 Å². The number of likely N-dealkylation sites (tertiary alicyclic amines) is 1. The van der Waals surface area contributed by atoms with Gasteiger partial charge in [-0.1, -0.05) is 53.5 Å². The van der Waals surface area contributed by atoms with Gasteiger partial charge in [-0.15, -0.1) is 0 Å². The van der Waals surface area contributed by atoms with Crippen molar-refractivity contribution < 1.29 is 9.32 Å². The molecular formula is C22H24ClN5O2. The molecule has 30 heavy (non-hydrogen) atoms. The van der Waals surface area contributed by atoms with Crippen LogP contribution in [0.5, 0.6) is 0 Å². The van der Waals surface area contributed by atoms with E-state index in [4.69, 9.17) is 16.1 Å². The second-order valence-electron chi connectivity index (χ2n) is 7.34. The van der Waals surface area contributed by atoms with Gasteiger partial charge in [0, 0.05) is 28.9 Å². The molecule has 0 unspecified atom stereocenters. The summed E-state index contributed by atoms with van der Waals surface area (Å²) in [4.78, 5) is 19.0. The quantitative estimate of drug-likeness (QED) is 0.604. The van der Waals surface area contributed by atoms with Gasteiger partial charge >= 0.3 is 6.03 Å². The van der Waals surface area contributed by atoms with Gasteiger partial charge in [-0.05, 0) is 43.7 Å². The molecule has 2 amide bonds. The molecule has 3 aromatic rings. The fourth-order valence-corrected chi connectivity index (χ4v) is 3.83. The second kappa shape index (κ2) is 9.73. The van der Waals surface area contributed by atoms with E-state index in [1.165, 1.54) is 0 Å². The normalized spacial score (nSPS) is 16.9. The molecule has 2 N–H and O–H groups in total. The SMILES string of the molecule is O=C(NC[C@@H]1CCCCN1Cc1nc(-c2cccc(Cl)c2)no1)Nc1ccccc1. The number of nitrogens with zero attached hydrogens (tertiary/aromatic N) is 3. The van der Waals surface area contributed by atoms with Crippen molar-refractivity contribution in [2.24, 2.45) is 0 Å². The molecule has 1 saturated heterocycles. The van der Waals surface area contributed by atoms with Crippen LogP contribution in [0.3, 0.4) is 0 Å². The number of halogens is 1. The summed E-state index contributed by atoms with van der Waals surface area (Å²) in [5, 5.41) is 10.6. The number of carbonyl (C=O) groups is 1. The van der Waals surface area contributed by atoms with Gasteiger partial charge in [-0.2, -0.15) is 4.98 Å². The van der Waals surface area contributed by atoms with E-state index in [1.54, 1.807) is 0 Å². The molecule has 1 atom stereocenters. The average molecular weight is 426 g/mol. The lowest BCUT2D eigenvalue weighted by Gasteiger charge is -2.34. The van der Waals surface area contributed by atoms with Crippen molar-refractivity contribution in [1.29, 1.82) is 0 Å². The van der Waals surface area contributed by atoms with Crippen LogP contribution in [0.1, 0.15) is 25.2 Å². The standard InChI is InChI=1S/C22H24ClN5O2/c23-17-8-6-7-16(13-17)21-26-20(30-27-21)15-28-12-5-4-11-19(28)14-24-22(29)25-18-9-2-1-3-10-18/h1-3,6-10,13,19H,4-5,11-12,14-15H2,(H2,24,25,29)/t19-/m0/s1. The van der Waals surface area contributed by atoms with Crippen molar-refractivity contribution in [3.8, 4) is 11.4 Å². The van der Waals surface area contributed by atoms with Gasteiger partial charge in [0.1, 0.15) is 0 Å². The molecule has 1 aliphatic heterocycles. The van der Waals surface area contributed by atoms with Gasteiger partial charge in [0.15, 0.2) is 0 Å². The predicted molar refractivity (Wildman–Crippen MR) is 116 cm³/mol. The number of amides is 2. The van der Waals surface area contributed by atoms with E-state index in [1.807, 2.05) is 54.6 Å². The highest BCUT2D eigenvalue weighted by Crippen LogP contribution is 2.22. The maximum atomic E-state index is 12.2. The smallest absolute Gasteiger partial charge is 0.319 e. The molecular weight excluding hydrogens is 402 g/mol. The fourth-order valence-electron chi connectivity index (χ4n) is 3.64. The lowest BCUT2D eigenvalue weighted by molar-refractivity contribution is 0.123. The van der Waals surface area contributed by atoms with Crippen LogP contribution in [-0.2, 0) is 6.54 Å². The van der Waals surface area contributed by atoms with Crippen molar-refractivity contribution in [3.05, 3.63) is 65.5 Å². The van der Waals surface area contributed by atoms with Crippen molar-refractivity contribution in [3.63, 3.8) is 0 Å². The summed E-state index contributed by atoms with van der Waals surface area (Å²) in [6.07, 6.45) is 3.27.